The quantitative estimate of drug-likeness (QED) is 0.783. The topological polar surface area (TPSA) is 55.4 Å². The van der Waals surface area contributed by atoms with Crippen LogP contribution in [0.5, 0.6) is 5.75 Å². The molecule has 1 N–H and O–H groups in total. The third-order valence-electron chi connectivity index (χ3n) is 3.38. The number of benzene rings is 2. The number of aryl methyl sites for hydroxylation is 1. The number of rotatable bonds is 7. The van der Waals surface area contributed by atoms with E-state index in [4.69, 9.17) is 16.3 Å². The van der Waals surface area contributed by atoms with Crippen molar-refractivity contribution in [2.24, 2.45) is 0 Å². The molecular formula is C18H18ClNO3. The smallest absolute Gasteiger partial charge is 0.291 e. The van der Waals surface area contributed by atoms with Gasteiger partial charge in [0.1, 0.15) is 5.75 Å². The molecule has 2 rings (SSSR count). The summed E-state index contributed by atoms with van der Waals surface area (Å²) in [6, 6.07) is 14.3. The van der Waals surface area contributed by atoms with E-state index in [1.807, 2.05) is 24.3 Å². The Balaban J connectivity index is 1.77. The molecule has 0 aromatic heterocycles. The Morgan fingerprint density at radius 3 is 2.30 bits per heavy atom. The highest BCUT2D eigenvalue weighted by molar-refractivity contribution is 6.40. The summed E-state index contributed by atoms with van der Waals surface area (Å²) in [5.41, 5.74) is 1.67. The molecule has 0 radical (unpaired) electrons. The number of hydrogen-bond donors (Lipinski definition) is 1. The molecule has 0 fully saturated rings. The standard InChI is InChI=1S/C18H18ClNO3/c1-23-16-11-5-13(6-12-16)3-2-4-17(21)18(22)20-15-9-7-14(19)8-10-15/h5-12H,2-4H2,1H3,(H,20,22). The van der Waals surface area contributed by atoms with Gasteiger partial charge in [-0.25, -0.2) is 0 Å². The third-order valence-corrected chi connectivity index (χ3v) is 3.64. The molecule has 0 aliphatic carbocycles. The van der Waals surface area contributed by atoms with Gasteiger partial charge in [-0.05, 0) is 54.8 Å². The van der Waals surface area contributed by atoms with E-state index in [1.165, 1.54) is 0 Å². The molecule has 0 unspecified atom stereocenters. The number of halogens is 1. The van der Waals surface area contributed by atoms with Crippen LogP contribution in [0.3, 0.4) is 0 Å². The van der Waals surface area contributed by atoms with Gasteiger partial charge in [0.05, 0.1) is 7.11 Å². The summed E-state index contributed by atoms with van der Waals surface area (Å²) in [5.74, 6) is -0.220. The van der Waals surface area contributed by atoms with Gasteiger partial charge in [-0.2, -0.15) is 0 Å². The van der Waals surface area contributed by atoms with E-state index >= 15 is 0 Å². The van der Waals surface area contributed by atoms with Gasteiger partial charge in [-0.1, -0.05) is 23.7 Å². The highest BCUT2D eigenvalue weighted by Gasteiger charge is 2.13. The number of ketones is 1. The molecular weight excluding hydrogens is 314 g/mol. The maximum Gasteiger partial charge on any atom is 0.291 e. The predicted molar refractivity (Wildman–Crippen MR) is 91.0 cm³/mol. The Kier molecular flexibility index (Phi) is 6.18. The molecule has 2 aromatic carbocycles. The fourth-order valence-corrected chi connectivity index (χ4v) is 2.22. The molecule has 0 bridgehead atoms. The lowest BCUT2D eigenvalue weighted by molar-refractivity contribution is -0.134. The minimum absolute atomic E-state index is 0.214. The molecule has 0 saturated carbocycles. The summed E-state index contributed by atoms with van der Waals surface area (Å²) in [5, 5.41) is 3.15. The highest BCUT2D eigenvalue weighted by atomic mass is 35.5. The van der Waals surface area contributed by atoms with E-state index in [0.717, 1.165) is 17.7 Å². The Labute approximate surface area is 140 Å². The summed E-state index contributed by atoms with van der Waals surface area (Å²) in [7, 11) is 1.62. The van der Waals surface area contributed by atoms with E-state index in [1.54, 1.807) is 31.4 Å². The number of anilines is 1. The summed E-state index contributed by atoms with van der Waals surface area (Å²) in [4.78, 5) is 23.7. The van der Waals surface area contributed by atoms with E-state index in [0.29, 0.717) is 17.1 Å². The first-order valence-corrected chi connectivity index (χ1v) is 7.69. The average Bonchev–Trinajstić information content (AvgIpc) is 2.57. The van der Waals surface area contributed by atoms with E-state index in [9.17, 15) is 9.59 Å². The van der Waals surface area contributed by atoms with Crippen molar-refractivity contribution in [1.29, 1.82) is 0 Å². The van der Waals surface area contributed by atoms with Crippen LogP contribution in [0, 0.1) is 0 Å². The molecule has 0 atom stereocenters. The lowest BCUT2D eigenvalue weighted by Crippen LogP contribution is -2.22. The van der Waals surface area contributed by atoms with Gasteiger partial charge in [-0.15, -0.1) is 0 Å². The fourth-order valence-electron chi connectivity index (χ4n) is 2.09. The van der Waals surface area contributed by atoms with Crippen LogP contribution in [0.2, 0.25) is 5.02 Å². The zero-order valence-corrected chi connectivity index (χ0v) is 13.6. The molecule has 5 heteroatoms. The Morgan fingerprint density at radius 2 is 1.70 bits per heavy atom. The van der Waals surface area contributed by atoms with Crippen molar-refractivity contribution in [3.63, 3.8) is 0 Å². The maximum absolute atomic E-state index is 11.8. The van der Waals surface area contributed by atoms with Crippen LogP contribution < -0.4 is 10.1 Å². The summed E-state index contributed by atoms with van der Waals surface area (Å²) in [6.45, 7) is 0. The van der Waals surface area contributed by atoms with Crippen molar-refractivity contribution in [2.45, 2.75) is 19.3 Å². The first kappa shape index (κ1) is 17.0. The summed E-state index contributed by atoms with van der Waals surface area (Å²) in [6.07, 6.45) is 1.58. The molecule has 0 aliphatic heterocycles. The number of Topliss-reactive ketones (excluding diaryl/α,β-unsaturated/α-hetero) is 1. The molecule has 0 saturated heterocycles. The number of carbonyl (C=O) groups is 2. The van der Waals surface area contributed by atoms with Crippen molar-refractivity contribution in [1.82, 2.24) is 0 Å². The van der Waals surface area contributed by atoms with Gasteiger partial charge in [-0.3, -0.25) is 9.59 Å². The van der Waals surface area contributed by atoms with Gasteiger partial charge in [0.15, 0.2) is 0 Å². The largest absolute Gasteiger partial charge is 0.497 e. The second kappa shape index (κ2) is 8.34. The average molecular weight is 332 g/mol. The number of amides is 1. The van der Waals surface area contributed by atoms with Crippen molar-refractivity contribution < 1.29 is 14.3 Å². The first-order chi connectivity index (χ1) is 11.1. The Hall–Kier alpha value is -2.33. The zero-order chi connectivity index (χ0) is 16.7. The Bertz CT molecular complexity index is 666. The molecule has 1 amide bonds. The van der Waals surface area contributed by atoms with Gasteiger partial charge >= 0.3 is 0 Å². The number of nitrogens with one attached hydrogen (secondary N) is 1. The monoisotopic (exact) mass is 331 g/mol. The van der Waals surface area contributed by atoms with Crippen molar-refractivity contribution in [3.05, 3.63) is 59.1 Å². The number of hydrogen-bond acceptors (Lipinski definition) is 3. The van der Waals surface area contributed by atoms with Crippen LogP contribution in [0.25, 0.3) is 0 Å². The van der Waals surface area contributed by atoms with Crippen molar-refractivity contribution in [3.8, 4) is 5.75 Å². The van der Waals surface area contributed by atoms with Crippen LogP contribution in [-0.2, 0) is 16.0 Å². The summed E-state index contributed by atoms with van der Waals surface area (Å²) >= 11 is 5.77. The van der Waals surface area contributed by atoms with E-state index in [2.05, 4.69) is 5.32 Å². The number of ether oxygens (including phenoxy) is 1. The Morgan fingerprint density at radius 1 is 1.04 bits per heavy atom. The molecule has 0 spiro atoms. The third kappa shape index (κ3) is 5.42. The van der Waals surface area contributed by atoms with Crippen LogP contribution in [0.15, 0.2) is 48.5 Å². The van der Waals surface area contributed by atoms with Crippen LogP contribution >= 0.6 is 11.6 Å². The lowest BCUT2D eigenvalue weighted by Gasteiger charge is -2.05. The predicted octanol–water partition coefficient (Wildman–Crippen LogP) is 3.88. The number of carbonyl (C=O) groups excluding carboxylic acids is 2. The fraction of sp³-hybridized carbons (Fsp3) is 0.222. The zero-order valence-electron chi connectivity index (χ0n) is 12.8. The van der Waals surface area contributed by atoms with Crippen LogP contribution in [0.4, 0.5) is 5.69 Å². The van der Waals surface area contributed by atoms with Gasteiger partial charge in [0.2, 0.25) is 5.78 Å². The normalized spacial score (nSPS) is 10.2. The highest BCUT2D eigenvalue weighted by Crippen LogP contribution is 2.15. The second-order valence-corrected chi connectivity index (χ2v) is 5.52. The maximum atomic E-state index is 11.8. The lowest BCUT2D eigenvalue weighted by atomic mass is 10.1. The van der Waals surface area contributed by atoms with Crippen molar-refractivity contribution >= 4 is 29.0 Å². The first-order valence-electron chi connectivity index (χ1n) is 7.31. The number of methoxy groups -OCH3 is 1. The molecule has 0 aliphatic rings. The molecule has 120 valence electrons. The van der Waals surface area contributed by atoms with Gasteiger partial charge in [0.25, 0.3) is 5.91 Å². The molecule has 0 heterocycles. The van der Waals surface area contributed by atoms with Gasteiger partial charge < -0.3 is 10.1 Å². The SMILES string of the molecule is COc1ccc(CCCC(=O)C(=O)Nc2ccc(Cl)cc2)cc1. The molecule has 2 aromatic rings. The van der Waals surface area contributed by atoms with E-state index < -0.39 is 11.7 Å². The molecule has 4 nitrogen and oxygen atoms in total. The van der Waals surface area contributed by atoms with Crippen LogP contribution in [0.1, 0.15) is 18.4 Å². The summed E-state index contributed by atoms with van der Waals surface area (Å²) < 4.78 is 5.09. The van der Waals surface area contributed by atoms with Crippen LogP contribution in [-0.4, -0.2) is 18.8 Å². The van der Waals surface area contributed by atoms with E-state index in [-0.39, 0.29) is 6.42 Å². The second-order valence-electron chi connectivity index (χ2n) is 5.09. The van der Waals surface area contributed by atoms with Crippen molar-refractivity contribution in [2.75, 3.05) is 12.4 Å². The van der Waals surface area contributed by atoms with Gasteiger partial charge in [0, 0.05) is 17.1 Å². The minimum Gasteiger partial charge on any atom is -0.497 e. The molecule has 23 heavy (non-hydrogen) atoms. The minimum atomic E-state index is -0.595.